The molecule has 3 rings (SSSR count). The minimum Gasteiger partial charge on any atom is -0.497 e. The van der Waals surface area contributed by atoms with Crippen LogP contribution >= 0.6 is 0 Å². The van der Waals surface area contributed by atoms with E-state index < -0.39 is 0 Å². The Morgan fingerprint density at radius 2 is 1.59 bits per heavy atom. The van der Waals surface area contributed by atoms with E-state index in [0.29, 0.717) is 6.61 Å². The van der Waals surface area contributed by atoms with E-state index in [1.165, 1.54) is 38.5 Å². The molecule has 1 aromatic carbocycles. The highest BCUT2D eigenvalue weighted by Crippen LogP contribution is 2.40. The van der Waals surface area contributed by atoms with Crippen molar-refractivity contribution in [3.05, 3.63) is 29.8 Å². The van der Waals surface area contributed by atoms with Gasteiger partial charge in [-0.3, -0.25) is 4.79 Å². The topological polar surface area (TPSA) is 74.2 Å². The minimum atomic E-state index is -0.300. The molecule has 0 aliphatic heterocycles. The molecule has 0 spiro atoms. The third kappa shape index (κ3) is 10.2. The van der Waals surface area contributed by atoms with Crippen molar-refractivity contribution in [2.45, 2.75) is 110 Å². The van der Waals surface area contributed by atoms with Crippen LogP contribution in [-0.2, 0) is 25.4 Å². The summed E-state index contributed by atoms with van der Waals surface area (Å²) in [5, 5.41) is 9.83. The summed E-state index contributed by atoms with van der Waals surface area (Å²) in [6.45, 7) is 7.28. The number of rotatable bonds is 14. The summed E-state index contributed by atoms with van der Waals surface area (Å²) in [7, 11) is 1.62. The average Bonchev–Trinajstić information content (AvgIpc) is 2.91. The van der Waals surface area contributed by atoms with E-state index in [0.717, 1.165) is 60.7 Å². The van der Waals surface area contributed by atoms with Crippen LogP contribution in [0.1, 0.15) is 90.5 Å². The molecule has 3 unspecified atom stereocenters. The van der Waals surface area contributed by atoms with E-state index in [4.69, 9.17) is 18.9 Å². The number of benzene rings is 1. The fourth-order valence-electron chi connectivity index (χ4n) is 6.37. The molecule has 2 aliphatic rings. The molecule has 0 amide bonds. The molecule has 0 aromatic heterocycles. The van der Waals surface area contributed by atoms with E-state index in [1.54, 1.807) is 7.11 Å². The molecule has 0 heterocycles. The SMILES string of the molecule is CCC(CC(C)C1CCC(O)CC1)C1CCC(OC(C)OCCOC(=O)Cc2ccc(OC)cc2)CC1. The molecule has 37 heavy (non-hydrogen) atoms. The van der Waals surface area contributed by atoms with E-state index in [1.807, 2.05) is 31.2 Å². The van der Waals surface area contributed by atoms with Gasteiger partial charge in [0.25, 0.3) is 0 Å². The van der Waals surface area contributed by atoms with E-state index >= 15 is 0 Å². The maximum absolute atomic E-state index is 12.1. The lowest BCUT2D eigenvalue weighted by molar-refractivity contribution is -0.178. The Bertz CT molecular complexity index is 764. The van der Waals surface area contributed by atoms with Gasteiger partial charge >= 0.3 is 5.97 Å². The van der Waals surface area contributed by atoms with Crippen LogP contribution in [0.5, 0.6) is 5.75 Å². The quantitative estimate of drug-likeness (QED) is 0.176. The maximum Gasteiger partial charge on any atom is 0.310 e. The van der Waals surface area contributed by atoms with Gasteiger partial charge in [-0.1, -0.05) is 32.4 Å². The Hall–Kier alpha value is -1.63. The molecule has 1 N–H and O–H groups in total. The molecule has 2 fully saturated rings. The van der Waals surface area contributed by atoms with Gasteiger partial charge in [0.1, 0.15) is 12.4 Å². The molecule has 2 aliphatic carbocycles. The number of methoxy groups -OCH3 is 1. The van der Waals surface area contributed by atoms with Gasteiger partial charge in [-0.25, -0.2) is 0 Å². The third-order valence-electron chi connectivity index (χ3n) is 8.72. The third-order valence-corrected chi connectivity index (χ3v) is 8.72. The van der Waals surface area contributed by atoms with Gasteiger partial charge < -0.3 is 24.1 Å². The van der Waals surface area contributed by atoms with Crippen LogP contribution in [0.2, 0.25) is 0 Å². The van der Waals surface area contributed by atoms with Crippen LogP contribution in [-0.4, -0.2) is 49.9 Å². The fourth-order valence-corrected chi connectivity index (χ4v) is 6.37. The van der Waals surface area contributed by atoms with Gasteiger partial charge in [0.15, 0.2) is 6.29 Å². The summed E-state index contributed by atoms with van der Waals surface area (Å²) in [4.78, 5) is 12.1. The molecule has 0 saturated heterocycles. The van der Waals surface area contributed by atoms with Crippen LogP contribution in [0.3, 0.4) is 0 Å². The van der Waals surface area contributed by atoms with Gasteiger partial charge in [0.05, 0.1) is 32.3 Å². The first-order valence-corrected chi connectivity index (χ1v) is 14.6. The van der Waals surface area contributed by atoms with Crippen LogP contribution in [0.4, 0.5) is 0 Å². The highest BCUT2D eigenvalue weighted by Gasteiger charge is 2.31. The van der Waals surface area contributed by atoms with Crippen LogP contribution in [0.25, 0.3) is 0 Å². The van der Waals surface area contributed by atoms with E-state index in [-0.39, 0.29) is 37.5 Å². The molecule has 2 saturated carbocycles. The highest BCUT2D eigenvalue weighted by atomic mass is 16.7. The number of hydrogen-bond acceptors (Lipinski definition) is 6. The smallest absolute Gasteiger partial charge is 0.310 e. The van der Waals surface area contributed by atoms with Gasteiger partial charge in [-0.15, -0.1) is 0 Å². The summed E-state index contributed by atoms with van der Waals surface area (Å²) in [5.41, 5.74) is 0.896. The summed E-state index contributed by atoms with van der Waals surface area (Å²) in [5.74, 6) is 3.64. The van der Waals surface area contributed by atoms with Crippen molar-refractivity contribution in [2.75, 3.05) is 20.3 Å². The van der Waals surface area contributed by atoms with Crippen LogP contribution in [0.15, 0.2) is 24.3 Å². The van der Waals surface area contributed by atoms with Gasteiger partial charge in [-0.05, 0) is 106 Å². The number of carbonyl (C=O) groups is 1. The zero-order valence-corrected chi connectivity index (χ0v) is 23.5. The van der Waals surface area contributed by atoms with E-state index in [2.05, 4.69) is 13.8 Å². The van der Waals surface area contributed by atoms with Gasteiger partial charge in [0.2, 0.25) is 0 Å². The number of esters is 1. The number of hydrogen-bond donors (Lipinski definition) is 1. The van der Waals surface area contributed by atoms with Crippen molar-refractivity contribution >= 4 is 5.97 Å². The van der Waals surface area contributed by atoms with Crippen molar-refractivity contribution in [3.8, 4) is 5.75 Å². The minimum absolute atomic E-state index is 0.0628. The predicted molar refractivity (Wildman–Crippen MR) is 145 cm³/mol. The molecule has 0 bridgehead atoms. The largest absolute Gasteiger partial charge is 0.497 e. The monoisotopic (exact) mass is 518 g/mol. The zero-order valence-electron chi connectivity index (χ0n) is 23.5. The lowest BCUT2D eigenvalue weighted by Crippen LogP contribution is -2.31. The molecule has 1 aromatic rings. The molecule has 6 nitrogen and oxygen atoms in total. The Morgan fingerprint density at radius 1 is 0.946 bits per heavy atom. The first-order chi connectivity index (χ1) is 17.9. The number of aliphatic hydroxyl groups is 1. The summed E-state index contributed by atoms with van der Waals surface area (Å²) < 4.78 is 22.4. The van der Waals surface area contributed by atoms with Gasteiger partial charge in [-0.2, -0.15) is 0 Å². The number of carbonyl (C=O) groups excluding carboxylic acids is 1. The molecular weight excluding hydrogens is 468 g/mol. The summed E-state index contributed by atoms with van der Waals surface area (Å²) >= 11 is 0. The van der Waals surface area contributed by atoms with Crippen molar-refractivity contribution in [3.63, 3.8) is 0 Å². The molecule has 6 heteroatoms. The molecule has 0 radical (unpaired) electrons. The van der Waals surface area contributed by atoms with Crippen molar-refractivity contribution in [1.29, 1.82) is 0 Å². The second-order valence-corrected chi connectivity index (χ2v) is 11.3. The lowest BCUT2D eigenvalue weighted by Gasteiger charge is -2.37. The Morgan fingerprint density at radius 3 is 2.22 bits per heavy atom. The first kappa shape index (κ1) is 29.9. The van der Waals surface area contributed by atoms with E-state index in [9.17, 15) is 9.90 Å². The Kier molecular flexibility index (Phi) is 12.7. The molecule has 3 atom stereocenters. The van der Waals surface area contributed by atoms with Gasteiger partial charge in [0, 0.05) is 0 Å². The van der Waals surface area contributed by atoms with Crippen LogP contribution < -0.4 is 4.74 Å². The zero-order chi connectivity index (χ0) is 26.6. The number of ether oxygens (including phenoxy) is 4. The second kappa shape index (κ2) is 15.7. The van der Waals surface area contributed by atoms with Crippen LogP contribution in [0, 0.1) is 23.7 Å². The normalized spacial score (nSPS) is 26.7. The standard InChI is InChI=1S/C31H50O6/c1-5-25(20-22(2)26-8-12-28(32)13-9-26)27-10-16-30(17-11-27)37-23(3)35-18-19-36-31(33)21-24-6-14-29(34-4)15-7-24/h6-7,14-15,22-23,25-28,30,32H,5,8-13,16-21H2,1-4H3. The second-order valence-electron chi connectivity index (χ2n) is 11.3. The van der Waals surface area contributed by atoms with Crippen molar-refractivity contribution < 1.29 is 28.8 Å². The molecule has 210 valence electrons. The lowest BCUT2D eigenvalue weighted by atomic mass is 9.70. The maximum atomic E-state index is 12.1. The number of aliphatic hydroxyl groups excluding tert-OH is 1. The summed E-state index contributed by atoms with van der Waals surface area (Å²) in [6.07, 6.45) is 11.7. The Balaban J connectivity index is 1.27. The summed E-state index contributed by atoms with van der Waals surface area (Å²) in [6, 6.07) is 7.41. The first-order valence-electron chi connectivity index (χ1n) is 14.6. The molecular formula is C31H50O6. The predicted octanol–water partition coefficient (Wildman–Crippen LogP) is 6.32. The average molecular weight is 519 g/mol. The Labute approximate surface area is 224 Å². The fraction of sp³-hybridized carbons (Fsp3) is 0.774. The van der Waals surface area contributed by atoms with Crippen molar-refractivity contribution in [1.82, 2.24) is 0 Å². The van der Waals surface area contributed by atoms with Crippen molar-refractivity contribution in [2.24, 2.45) is 23.7 Å². The highest BCUT2D eigenvalue weighted by molar-refractivity contribution is 5.72.